The van der Waals surface area contributed by atoms with Gasteiger partial charge in [-0.05, 0) is 50.2 Å². The number of hydrogen-bond acceptors (Lipinski definition) is 6. The van der Waals surface area contributed by atoms with Crippen LogP contribution in [0.25, 0.3) is 0 Å². The molecule has 2 aromatic rings. The zero-order valence-corrected chi connectivity index (χ0v) is 18.5. The van der Waals surface area contributed by atoms with E-state index < -0.39 is 23.8 Å². The molecule has 0 aliphatic rings. The highest BCUT2D eigenvalue weighted by Gasteiger charge is 2.31. The van der Waals surface area contributed by atoms with Crippen LogP contribution in [0.4, 0.5) is 18.0 Å². The van der Waals surface area contributed by atoms with E-state index in [1.54, 1.807) is 13.8 Å². The maximum atomic E-state index is 12.8. The van der Waals surface area contributed by atoms with E-state index in [0.29, 0.717) is 13.1 Å². The van der Waals surface area contributed by atoms with Gasteiger partial charge in [-0.1, -0.05) is 11.6 Å². The number of nitrogens with zero attached hydrogens (tertiary/aromatic N) is 2. The monoisotopic (exact) mass is 484 g/mol. The van der Waals surface area contributed by atoms with Crippen molar-refractivity contribution in [1.82, 2.24) is 4.90 Å². The van der Waals surface area contributed by atoms with Crippen molar-refractivity contribution >= 4 is 23.7 Å². The van der Waals surface area contributed by atoms with Gasteiger partial charge in [0.25, 0.3) is 0 Å². The van der Waals surface area contributed by atoms with E-state index in [1.165, 1.54) is 23.1 Å². The van der Waals surface area contributed by atoms with E-state index in [-0.39, 0.29) is 40.9 Å². The van der Waals surface area contributed by atoms with Crippen LogP contribution in [0, 0.1) is 11.3 Å². The third-order valence-corrected chi connectivity index (χ3v) is 4.68. The smallest absolute Gasteiger partial charge is 0.416 e. The minimum absolute atomic E-state index is 0.00833. The molecule has 0 N–H and O–H groups in total. The molecule has 0 aliphatic heterocycles. The van der Waals surface area contributed by atoms with E-state index in [2.05, 4.69) is 0 Å². The summed E-state index contributed by atoms with van der Waals surface area (Å²) < 4.78 is 53.9. The van der Waals surface area contributed by atoms with E-state index in [9.17, 15) is 28.0 Å². The molecule has 176 valence electrons. The van der Waals surface area contributed by atoms with Crippen molar-refractivity contribution in [3.8, 4) is 17.6 Å². The summed E-state index contributed by atoms with van der Waals surface area (Å²) in [4.78, 5) is 25.6. The summed E-state index contributed by atoms with van der Waals surface area (Å²) in [5, 5.41) is 8.97. The molecule has 0 saturated heterocycles. The largest absolute Gasteiger partial charge is 0.458 e. The van der Waals surface area contributed by atoms with E-state index in [0.717, 1.165) is 18.2 Å². The average Bonchev–Trinajstić information content (AvgIpc) is 2.78. The van der Waals surface area contributed by atoms with Crippen molar-refractivity contribution in [1.29, 1.82) is 5.26 Å². The number of nitriles is 1. The van der Waals surface area contributed by atoms with Gasteiger partial charge in [0.1, 0.15) is 30.8 Å². The highest BCUT2D eigenvalue weighted by atomic mass is 35.5. The molecule has 0 saturated carbocycles. The third kappa shape index (κ3) is 7.02. The molecule has 0 spiro atoms. The Morgan fingerprint density at radius 2 is 1.73 bits per heavy atom. The van der Waals surface area contributed by atoms with Crippen LogP contribution in [0.1, 0.15) is 35.3 Å². The summed E-state index contributed by atoms with van der Waals surface area (Å²) in [6.07, 6.45) is -5.11. The standard InChI is InChI=1S/C22H20ClF3N2O5/c1-3-28(4-2)21(30)32-10-9-31-20(29)17-12-16(7-5-14(17)13-27)33-19-8-6-15(11-18(19)23)22(24,25)26/h5-8,11-12H,3-4,9-10H2,1-2H3. The molecule has 33 heavy (non-hydrogen) atoms. The van der Waals surface area contributed by atoms with E-state index in [4.69, 9.17) is 25.8 Å². The number of benzene rings is 2. The summed E-state index contributed by atoms with van der Waals surface area (Å²) in [5.74, 6) is -0.887. The fraction of sp³-hybridized carbons (Fsp3) is 0.318. The predicted octanol–water partition coefficient (Wildman–Crippen LogP) is 5.66. The Hall–Kier alpha value is -3.45. The molecule has 2 aromatic carbocycles. The molecule has 0 fully saturated rings. The number of carbonyl (C=O) groups excluding carboxylic acids is 2. The molecule has 0 radical (unpaired) electrons. The first-order valence-electron chi connectivity index (χ1n) is 9.78. The number of esters is 1. The van der Waals surface area contributed by atoms with E-state index in [1.807, 2.05) is 6.07 Å². The number of alkyl halides is 3. The van der Waals surface area contributed by atoms with Crippen LogP contribution in [0.3, 0.4) is 0 Å². The first kappa shape index (κ1) is 25.8. The zero-order valence-electron chi connectivity index (χ0n) is 17.7. The van der Waals surface area contributed by atoms with Crippen LogP contribution in [0.15, 0.2) is 36.4 Å². The van der Waals surface area contributed by atoms with Crippen molar-refractivity contribution in [2.75, 3.05) is 26.3 Å². The minimum Gasteiger partial charge on any atom is -0.458 e. The zero-order chi connectivity index (χ0) is 24.6. The summed E-state index contributed by atoms with van der Waals surface area (Å²) in [6.45, 7) is 4.10. The van der Waals surface area contributed by atoms with Gasteiger partial charge in [-0.3, -0.25) is 0 Å². The predicted molar refractivity (Wildman–Crippen MR) is 112 cm³/mol. The van der Waals surface area contributed by atoms with Crippen LogP contribution >= 0.6 is 11.6 Å². The Labute approximate surface area is 193 Å². The van der Waals surface area contributed by atoms with Crippen LogP contribution in [0.2, 0.25) is 5.02 Å². The van der Waals surface area contributed by atoms with Gasteiger partial charge in [0, 0.05) is 13.1 Å². The summed E-state index contributed by atoms with van der Waals surface area (Å²) in [6, 6.07) is 8.27. The number of rotatable bonds is 8. The summed E-state index contributed by atoms with van der Waals surface area (Å²) >= 11 is 5.89. The minimum atomic E-state index is -4.56. The first-order chi connectivity index (χ1) is 15.6. The second-order valence-electron chi connectivity index (χ2n) is 6.49. The summed E-state index contributed by atoms with van der Waals surface area (Å²) in [7, 11) is 0. The summed E-state index contributed by atoms with van der Waals surface area (Å²) in [5.41, 5.74) is -1.08. The first-order valence-corrected chi connectivity index (χ1v) is 10.2. The third-order valence-electron chi connectivity index (χ3n) is 4.38. The van der Waals surface area contributed by atoms with Crippen LogP contribution in [-0.4, -0.2) is 43.3 Å². The molecule has 11 heteroatoms. The Kier molecular flexibility index (Phi) is 8.94. The lowest BCUT2D eigenvalue weighted by molar-refractivity contribution is -0.137. The maximum absolute atomic E-state index is 12.8. The van der Waals surface area contributed by atoms with Gasteiger partial charge in [-0.25, -0.2) is 9.59 Å². The van der Waals surface area contributed by atoms with Gasteiger partial charge in [0.05, 0.1) is 21.7 Å². The SMILES string of the molecule is CCN(CC)C(=O)OCCOC(=O)c1cc(Oc2ccc(C(F)(F)F)cc2Cl)ccc1C#N. The number of ether oxygens (including phenoxy) is 3. The average molecular weight is 485 g/mol. The Morgan fingerprint density at radius 1 is 1.06 bits per heavy atom. The Balaban J connectivity index is 2.08. The van der Waals surface area contributed by atoms with Crippen molar-refractivity contribution < 1.29 is 37.0 Å². The number of amides is 1. The molecule has 0 heterocycles. The highest BCUT2D eigenvalue weighted by Crippen LogP contribution is 2.36. The van der Waals surface area contributed by atoms with Crippen molar-refractivity contribution in [3.05, 3.63) is 58.1 Å². The highest BCUT2D eigenvalue weighted by molar-refractivity contribution is 6.32. The van der Waals surface area contributed by atoms with Crippen molar-refractivity contribution in [2.24, 2.45) is 0 Å². The van der Waals surface area contributed by atoms with Gasteiger partial charge in [-0.2, -0.15) is 18.4 Å². The molecule has 0 bridgehead atoms. The Morgan fingerprint density at radius 3 is 2.30 bits per heavy atom. The van der Waals surface area contributed by atoms with Gasteiger partial charge in [0.15, 0.2) is 0 Å². The molecule has 0 aromatic heterocycles. The molecule has 7 nitrogen and oxygen atoms in total. The number of halogens is 4. The van der Waals surface area contributed by atoms with Crippen LogP contribution < -0.4 is 4.74 Å². The van der Waals surface area contributed by atoms with Gasteiger partial charge in [0.2, 0.25) is 0 Å². The fourth-order valence-corrected chi connectivity index (χ4v) is 2.87. The fourth-order valence-electron chi connectivity index (χ4n) is 2.65. The Bertz CT molecular complexity index is 1050. The quantitative estimate of drug-likeness (QED) is 0.355. The van der Waals surface area contributed by atoms with Gasteiger partial charge >= 0.3 is 18.2 Å². The molecular formula is C22H20ClF3N2O5. The molecule has 1 amide bonds. The molecular weight excluding hydrogens is 465 g/mol. The lowest BCUT2D eigenvalue weighted by Gasteiger charge is -2.18. The number of carbonyl (C=O) groups is 2. The lowest BCUT2D eigenvalue weighted by atomic mass is 10.1. The molecule has 0 atom stereocenters. The number of hydrogen-bond donors (Lipinski definition) is 0. The molecule has 0 aliphatic carbocycles. The molecule has 2 rings (SSSR count). The maximum Gasteiger partial charge on any atom is 0.416 e. The lowest BCUT2D eigenvalue weighted by Crippen LogP contribution is -2.32. The van der Waals surface area contributed by atoms with Crippen LogP contribution in [-0.2, 0) is 15.7 Å². The van der Waals surface area contributed by atoms with Gasteiger partial charge < -0.3 is 19.1 Å². The topological polar surface area (TPSA) is 88.9 Å². The van der Waals surface area contributed by atoms with Crippen molar-refractivity contribution in [2.45, 2.75) is 20.0 Å². The normalized spacial score (nSPS) is 10.8. The second-order valence-corrected chi connectivity index (χ2v) is 6.89. The second kappa shape index (κ2) is 11.4. The van der Waals surface area contributed by atoms with E-state index >= 15 is 0 Å². The van der Waals surface area contributed by atoms with Crippen LogP contribution in [0.5, 0.6) is 11.5 Å². The van der Waals surface area contributed by atoms with Crippen molar-refractivity contribution in [3.63, 3.8) is 0 Å². The molecule has 0 unspecified atom stereocenters. The van der Waals surface area contributed by atoms with Gasteiger partial charge in [-0.15, -0.1) is 0 Å².